The number of thiophene rings is 1. The number of carbonyl (C=O) groups is 1. The summed E-state index contributed by atoms with van der Waals surface area (Å²) < 4.78 is 20.0. The average molecular weight is 389 g/mol. The van der Waals surface area contributed by atoms with Crippen LogP contribution in [0.25, 0.3) is 10.2 Å². The van der Waals surface area contributed by atoms with Crippen molar-refractivity contribution in [3.63, 3.8) is 0 Å². The fourth-order valence-corrected chi connectivity index (χ4v) is 3.81. The Hall–Kier alpha value is -2.74. The molecule has 3 aromatic rings. The Morgan fingerprint density at radius 2 is 2.11 bits per heavy atom. The van der Waals surface area contributed by atoms with E-state index in [4.69, 9.17) is 4.74 Å². The molecule has 8 heteroatoms. The van der Waals surface area contributed by atoms with Gasteiger partial charge >= 0.3 is 0 Å². The van der Waals surface area contributed by atoms with Gasteiger partial charge in [0.25, 0.3) is 5.56 Å². The molecule has 0 fully saturated rings. The predicted molar refractivity (Wildman–Crippen MR) is 103 cm³/mol. The van der Waals surface area contributed by atoms with Gasteiger partial charge in [0.1, 0.15) is 11.4 Å². The molecule has 142 valence electrons. The standard InChI is InChI=1S/C19H20FN3O3S/c1-11-12(2)27-18-17(11)19(25)23(10-21-18)9-16(24)22(3)8-13-5-6-15(26-4)14(20)7-13/h5-7,10H,8-9H2,1-4H3. The SMILES string of the molecule is COc1ccc(CN(C)C(=O)Cn2cnc3sc(C)c(C)c3c2=O)cc1F. The summed E-state index contributed by atoms with van der Waals surface area (Å²) in [5, 5.41) is 0.563. The molecule has 27 heavy (non-hydrogen) atoms. The number of aromatic nitrogens is 2. The van der Waals surface area contributed by atoms with Gasteiger partial charge in [0.15, 0.2) is 11.6 Å². The highest BCUT2D eigenvalue weighted by atomic mass is 32.1. The molecule has 3 rings (SSSR count). The number of rotatable bonds is 5. The highest BCUT2D eigenvalue weighted by Crippen LogP contribution is 2.25. The molecule has 0 saturated carbocycles. The van der Waals surface area contributed by atoms with Crippen LogP contribution in [0.5, 0.6) is 5.75 Å². The van der Waals surface area contributed by atoms with Crippen molar-refractivity contribution >= 4 is 27.5 Å². The molecule has 0 saturated heterocycles. The Morgan fingerprint density at radius 1 is 1.37 bits per heavy atom. The number of halogens is 1. The van der Waals surface area contributed by atoms with Crippen LogP contribution >= 0.6 is 11.3 Å². The maximum absolute atomic E-state index is 13.8. The highest BCUT2D eigenvalue weighted by Gasteiger charge is 2.16. The maximum atomic E-state index is 13.8. The second-order valence-corrected chi connectivity index (χ2v) is 7.56. The van der Waals surface area contributed by atoms with Gasteiger partial charge < -0.3 is 9.64 Å². The van der Waals surface area contributed by atoms with Crippen LogP contribution in [-0.2, 0) is 17.9 Å². The zero-order valence-corrected chi connectivity index (χ0v) is 16.4. The van der Waals surface area contributed by atoms with E-state index < -0.39 is 5.82 Å². The van der Waals surface area contributed by atoms with Gasteiger partial charge in [-0.3, -0.25) is 14.2 Å². The Morgan fingerprint density at radius 3 is 2.78 bits per heavy atom. The number of nitrogens with zero attached hydrogens (tertiary/aromatic N) is 3. The van der Waals surface area contributed by atoms with Gasteiger partial charge in [0.2, 0.25) is 5.91 Å². The first-order valence-corrected chi connectivity index (χ1v) is 9.15. The summed E-state index contributed by atoms with van der Waals surface area (Å²) in [6, 6.07) is 4.55. The third-order valence-electron chi connectivity index (χ3n) is 4.52. The van der Waals surface area contributed by atoms with Crippen LogP contribution in [0, 0.1) is 19.7 Å². The van der Waals surface area contributed by atoms with Crippen molar-refractivity contribution in [3.8, 4) is 5.75 Å². The van der Waals surface area contributed by atoms with E-state index in [1.165, 1.54) is 46.4 Å². The molecule has 0 radical (unpaired) electrons. The van der Waals surface area contributed by atoms with Crippen LogP contribution in [0.2, 0.25) is 0 Å². The summed E-state index contributed by atoms with van der Waals surface area (Å²) in [5.41, 5.74) is 1.31. The minimum atomic E-state index is -0.481. The van der Waals surface area contributed by atoms with E-state index in [0.29, 0.717) is 15.8 Å². The summed E-state index contributed by atoms with van der Waals surface area (Å²) in [6.07, 6.45) is 1.40. The fourth-order valence-electron chi connectivity index (χ4n) is 2.82. The number of carbonyl (C=O) groups excluding carboxylic acids is 1. The van der Waals surface area contributed by atoms with Crippen molar-refractivity contribution in [3.05, 3.63) is 56.7 Å². The number of fused-ring (bicyclic) bond motifs is 1. The fraction of sp³-hybridized carbons (Fsp3) is 0.316. The van der Waals surface area contributed by atoms with Crippen LogP contribution < -0.4 is 10.3 Å². The summed E-state index contributed by atoms with van der Waals surface area (Å²) in [6.45, 7) is 3.93. The largest absolute Gasteiger partial charge is 0.494 e. The summed E-state index contributed by atoms with van der Waals surface area (Å²) in [7, 11) is 3.01. The van der Waals surface area contributed by atoms with Crippen molar-refractivity contribution in [2.24, 2.45) is 0 Å². The molecule has 2 aromatic heterocycles. The van der Waals surface area contributed by atoms with Crippen molar-refractivity contribution in [2.45, 2.75) is 26.9 Å². The van der Waals surface area contributed by atoms with Crippen LogP contribution in [-0.4, -0.2) is 34.5 Å². The van der Waals surface area contributed by atoms with E-state index in [2.05, 4.69) is 4.98 Å². The van der Waals surface area contributed by atoms with E-state index in [0.717, 1.165) is 10.4 Å². The second kappa shape index (κ2) is 7.48. The second-order valence-electron chi connectivity index (χ2n) is 6.36. The Bertz CT molecular complexity index is 1070. The van der Waals surface area contributed by atoms with Gasteiger partial charge in [-0.15, -0.1) is 11.3 Å². The molecular weight excluding hydrogens is 369 g/mol. The zero-order valence-electron chi connectivity index (χ0n) is 15.6. The first kappa shape index (κ1) is 19.0. The molecule has 0 atom stereocenters. The average Bonchev–Trinajstić information content (AvgIpc) is 2.92. The zero-order chi connectivity index (χ0) is 19.7. The topological polar surface area (TPSA) is 64.4 Å². The number of benzene rings is 1. The van der Waals surface area contributed by atoms with E-state index in [9.17, 15) is 14.0 Å². The molecule has 0 aliphatic carbocycles. The lowest BCUT2D eigenvalue weighted by atomic mass is 10.2. The molecule has 0 aliphatic heterocycles. The first-order chi connectivity index (χ1) is 12.8. The number of ether oxygens (including phenoxy) is 1. The Balaban J connectivity index is 1.78. The molecule has 1 amide bonds. The number of hydrogen-bond donors (Lipinski definition) is 0. The van der Waals surface area contributed by atoms with Crippen molar-refractivity contribution < 1.29 is 13.9 Å². The third-order valence-corrected chi connectivity index (χ3v) is 5.64. The third kappa shape index (κ3) is 3.71. The van der Waals surface area contributed by atoms with Gasteiger partial charge in [-0.2, -0.15) is 0 Å². The molecule has 0 unspecified atom stereocenters. The highest BCUT2D eigenvalue weighted by molar-refractivity contribution is 7.18. The van der Waals surface area contributed by atoms with Crippen molar-refractivity contribution in [1.82, 2.24) is 14.5 Å². The monoisotopic (exact) mass is 389 g/mol. The smallest absolute Gasteiger partial charge is 0.262 e. The van der Waals surface area contributed by atoms with E-state index in [-0.39, 0.29) is 30.3 Å². The van der Waals surface area contributed by atoms with Gasteiger partial charge in [-0.1, -0.05) is 6.07 Å². The Labute approximate surface area is 159 Å². The van der Waals surface area contributed by atoms with E-state index >= 15 is 0 Å². The number of likely N-dealkylation sites (N-methyl/N-ethyl adjacent to an activating group) is 1. The minimum Gasteiger partial charge on any atom is -0.494 e. The lowest BCUT2D eigenvalue weighted by Gasteiger charge is -2.18. The maximum Gasteiger partial charge on any atom is 0.262 e. The van der Waals surface area contributed by atoms with Crippen LogP contribution in [0.4, 0.5) is 4.39 Å². The van der Waals surface area contributed by atoms with Gasteiger partial charge in [-0.05, 0) is 37.1 Å². The molecule has 0 bridgehead atoms. The first-order valence-electron chi connectivity index (χ1n) is 8.33. The van der Waals surface area contributed by atoms with Crippen LogP contribution in [0.15, 0.2) is 29.3 Å². The van der Waals surface area contributed by atoms with Crippen LogP contribution in [0.3, 0.4) is 0 Å². The Kier molecular flexibility index (Phi) is 5.27. The van der Waals surface area contributed by atoms with Crippen LogP contribution in [0.1, 0.15) is 16.0 Å². The number of methoxy groups -OCH3 is 1. The molecular formula is C19H20FN3O3S. The van der Waals surface area contributed by atoms with Gasteiger partial charge in [-0.25, -0.2) is 9.37 Å². The summed E-state index contributed by atoms with van der Waals surface area (Å²) in [4.78, 5) is 32.7. The van der Waals surface area contributed by atoms with Crippen molar-refractivity contribution in [2.75, 3.05) is 14.2 Å². The quantitative estimate of drug-likeness (QED) is 0.673. The predicted octanol–water partition coefficient (Wildman–Crippen LogP) is 2.88. The number of hydrogen-bond acceptors (Lipinski definition) is 5. The number of aryl methyl sites for hydroxylation is 2. The molecule has 0 spiro atoms. The van der Waals surface area contributed by atoms with E-state index in [1.54, 1.807) is 13.1 Å². The summed E-state index contributed by atoms with van der Waals surface area (Å²) in [5.74, 6) is -0.593. The molecule has 0 aliphatic rings. The molecule has 0 N–H and O–H groups in total. The minimum absolute atomic E-state index is 0.120. The van der Waals surface area contributed by atoms with Gasteiger partial charge in [0.05, 0.1) is 18.8 Å². The van der Waals surface area contributed by atoms with Crippen molar-refractivity contribution in [1.29, 1.82) is 0 Å². The number of amides is 1. The lowest BCUT2D eigenvalue weighted by Crippen LogP contribution is -2.33. The molecule has 6 nitrogen and oxygen atoms in total. The molecule has 2 heterocycles. The van der Waals surface area contributed by atoms with E-state index in [1.807, 2.05) is 13.8 Å². The lowest BCUT2D eigenvalue weighted by molar-refractivity contribution is -0.131. The van der Waals surface area contributed by atoms with Gasteiger partial charge in [0, 0.05) is 18.5 Å². The normalized spacial score (nSPS) is 11.0. The summed E-state index contributed by atoms with van der Waals surface area (Å²) >= 11 is 1.47. The molecule has 1 aromatic carbocycles.